The van der Waals surface area contributed by atoms with Gasteiger partial charge in [-0.3, -0.25) is 0 Å². The predicted octanol–water partition coefficient (Wildman–Crippen LogP) is 8.15. The Morgan fingerprint density at radius 1 is 0.704 bits per heavy atom. The van der Waals surface area contributed by atoms with Gasteiger partial charge in [-0.05, 0) is 75.0 Å². The fraction of sp³-hybridized carbons (Fsp3) is 0.731. The van der Waals surface area contributed by atoms with Gasteiger partial charge in [0.15, 0.2) is 0 Å². The molecule has 0 bridgehead atoms. The maximum atomic E-state index is 8.51. The summed E-state index contributed by atoms with van der Waals surface area (Å²) in [5.41, 5.74) is 0. The SMILES string of the molecule is CCCCCCC[C@H]1CC[C@H](C=C[C@H]2CC[C@H](C=CC=CC#N)CC2)CC1. The van der Waals surface area contributed by atoms with Crippen molar-refractivity contribution in [3.63, 3.8) is 0 Å². The topological polar surface area (TPSA) is 23.8 Å². The van der Waals surface area contributed by atoms with Gasteiger partial charge in [0.25, 0.3) is 0 Å². The molecule has 2 aliphatic carbocycles. The van der Waals surface area contributed by atoms with Crippen LogP contribution in [0.5, 0.6) is 0 Å². The van der Waals surface area contributed by atoms with E-state index >= 15 is 0 Å². The smallest absolute Gasteiger partial charge is 0.0912 e. The summed E-state index contributed by atoms with van der Waals surface area (Å²) < 4.78 is 0. The van der Waals surface area contributed by atoms with E-state index in [1.54, 1.807) is 6.08 Å². The monoisotopic (exact) mass is 367 g/mol. The molecule has 0 amide bonds. The molecule has 0 atom stereocenters. The van der Waals surface area contributed by atoms with Gasteiger partial charge >= 0.3 is 0 Å². The Bertz CT molecular complexity index is 491. The normalized spacial score (nSPS) is 29.6. The molecule has 0 aromatic carbocycles. The van der Waals surface area contributed by atoms with E-state index in [0.29, 0.717) is 5.92 Å². The third kappa shape index (κ3) is 9.46. The minimum atomic E-state index is 0.714. The van der Waals surface area contributed by atoms with Crippen molar-refractivity contribution >= 4 is 0 Å². The van der Waals surface area contributed by atoms with Crippen molar-refractivity contribution in [2.75, 3.05) is 0 Å². The van der Waals surface area contributed by atoms with Crippen LogP contribution in [0.4, 0.5) is 0 Å². The molecule has 1 nitrogen and oxygen atoms in total. The van der Waals surface area contributed by atoms with Gasteiger partial charge < -0.3 is 0 Å². The molecule has 0 aliphatic heterocycles. The summed E-state index contributed by atoms with van der Waals surface area (Å²) in [6.45, 7) is 2.30. The Morgan fingerprint density at radius 3 is 1.85 bits per heavy atom. The van der Waals surface area contributed by atoms with Gasteiger partial charge in [-0.2, -0.15) is 5.26 Å². The summed E-state index contributed by atoms with van der Waals surface area (Å²) in [6, 6.07) is 2.04. The van der Waals surface area contributed by atoms with E-state index in [4.69, 9.17) is 5.26 Å². The van der Waals surface area contributed by atoms with Crippen molar-refractivity contribution in [2.24, 2.45) is 23.7 Å². The van der Waals surface area contributed by atoms with Crippen LogP contribution in [0.3, 0.4) is 0 Å². The highest BCUT2D eigenvalue weighted by Crippen LogP contribution is 2.35. The van der Waals surface area contributed by atoms with Crippen molar-refractivity contribution in [1.82, 2.24) is 0 Å². The molecule has 0 N–H and O–H groups in total. The second kappa shape index (κ2) is 13.8. The van der Waals surface area contributed by atoms with Crippen LogP contribution in [0, 0.1) is 35.0 Å². The number of hydrogen-bond donors (Lipinski definition) is 0. The Kier molecular flexibility index (Phi) is 11.3. The van der Waals surface area contributed by atoms with Crippen LogP contribution in [0.1, 0.15) is 96.8 Å². The van der Waals surface area contributed by atoms with Crippen molar-refractivity contribution in [1.29, 1.82) is 5.26 Å². The Hall–Kier alpha value is -1.29. The molecule has 0 heterocycles. The van der Waals surface area contributed by atoms with Crippen molar-refractivity contribution < 1.29 is 0 Å². The molecular weight excluding hydrogens is 326 g/mol. The number of allylic oxidation sites excluding steroid dienone is 6. The minimum absolute atomic E-state index is 0.714. The first-order valence-corrected chi connectivity index (χ1v) is 11.7. The first-order valence-electron chi connectivity index (χ1n) is 11.7. The highest BCUT2D eigenvalue weighted by molar-refractivity contribution is 5.12. The zero-order valence-electron chi connectivity index (χ0n) is 17.6. The van der Waals surface area contributed by atoms with E-state index in [1.165, 1.54) is 89.9 Å². The molecule has 0 aromatic heterocycles. The second-order valence-electron chi connectivity index (χ2n) is 8.92. The molecule has 0 radical (unpaired) electrons. The third-order valence-corrected chi connectivity index (χ3v) is 6.74. The van der Waals surface area contributed by atoms with Crippen LogP contribution in [-0.4, -0.2) is 0 Å². The fourth-order valence-electron chi connectivity index (χ4n) is 4.87. The quantitative estimate of drug-likeness (QED) is 0.165. The van der Waals surface area contributed by atoms with E-state index in [1.807, 2.05) is 18.2 Å². The lowest BCUT2D eigenvalue weighted by Crippen LogP contribution is -2.14. The van der Waals surface area contributed by atoms with Crippen LogP contribution in [-0.2, 0) is 0 Å². The van der Waals surface area contributed by atoms with Gasteiger partial charge in [-0.1, -0.05) is 75.8 Å². The van der Waals surface area contributed by atoms with Crippen LogP contribution in [0.25, 0.3) is 0 Å². The standard InChI is InChI=1S/C26H41N/c1-2-3-4-5-7-10-23-12-16-25(17-13-23)20-21-26-18-14-24(15-19-26)11-8-6-9-22-27/h6,8-9,11,20-21,23-26H,2-5,7,10,12-19H2,1H3/t23-,24-,25-,26-. The predicted molar refractivity (Wildman–Crippen MR) is 117 cm³/mol. The van der Waals surface area contributed by atoms with E-state index in [0.717, 1.165) is 17.8 Å². The van der Waals surface area contributed by atoms with Crippen LogP contribution >= 0.6 is 0 Å². The maximum absolute atomic E-state index is 8.51. The number of rotatable bonds is 10. The molecule has 0 spiro atoms. The molecule has 0 unspecified atom stereocenters. The highest BCUT2D eigenvalue weighted by Gasteiger charge is 2.21. The Balaban J connectivity index is 1.57. The summed E-state index contributed by atoms with van der Waals surface area (Å²) >= 11 is 0. The van der Waals surface area contributed by atoms with Gasteiger partial charge in [0.05, 0.1) is 6.07 Å². The second-order valence-corrected chi connectivity index (χ2v) is 8.92. The average Bonchev–Trinajstić information content (AvgIpc) is 2.71. The van der Waals surface area contributed by atoms with E-state index in [2.05, 4.69) is 25.2 Å². The lowest BCUT2D eigenvalue weighted by molar-refractivity contribution is 0.287. The lowest BCUT2D eigenvalue weighted by atomic mass is 9.78. The maximum Gasteiger partial charge on any atom is 0.0912 e. The fourth-order valence-corrected chi connectivity index (χ4v) is 4.87. The molecule has 2 rings (SSSR count). The van der Waals surface area contributed by atoms with Crippen LogP contribution in [0.2, 0.25) is 0 Å². The zero-order valence-corrected chi connectivity index (χ0v) is 17.6. The van der Waals surface area contributed by atoms with Crippen LogP contribution in [0.15, 0.2) is 36.5 Å². The van der Waals surface area contributed by atoms with Crippen molar-refractivity contribution in [2.45, 2.75) is 96.8 Å². The third-order valence-electron chi connectivity index (χ3n) is 6.74. The van der Waals surface area contributed by atoms with E-state index in [-0.39, 0.29) is 0 Å². The molecule has 150 valence electrons. The van der Waals surface area contributed by atoms with Gasteiger partial charge in [0.1, 0.15) is 0 Å². The number of nitriles is 1. The van der Waals surface area contributed by atoms with Gasteiger partial charge in [-0.25, -0.2) is 0 Å². The molecule has 2 aliphatic rings. The first-order chi connectivity index (χ1) is 13.3. The summed E-state index contributed by atoms with van der Waals surface area (Å²) in [5.74, 6) is 3.40. The number of nitrogens with zero attached hydrogens (tertiary/aromatic N) is 1. The summed E-state index contributed by atoms with van der Waals surface area (Å²) in [5, 5.41) is 8.51. The molecule has 2 saturated carbocycles. The van der Waals surface area contributed by atoms with Crippen molar-refractivity contribution in [3.05, 3.63) is 36.5 Å². The average molecular weight is 368 g/mol. The highest BCUT2D eigenvalue weighted by atomic mass is 14.3. The molecule has 1 heteroatoms. The van der Waals surface area contributed by atoms with Gasteiger partial charge in [0, 0.05) is 6.08 Å². The number of hydrogen-bond acceptors (Lipinski definition) is 1. The largest absolute Gasteiger partial charge is 0.193 e. The summed E-state index contributed by atoms with van der Waals surface area (Å²) in [7, 11) is 0. The molecule has 0 aromatic rings. The van der Waals surface area contributed by atoms with Crippen molar-refractivity contribution in [3.8, 4) is 6.07 Å². The summed E-state index contributed by atoms with van der Waals surface area (Å²) in [6.07, 6.45) is 32.6. The Labute approximate surface area is 168 Å². The first kappa shape index (κ1) is 22.0. The summed E-state index contributed by atoms with van der Waals surface area (Å²) in [4.78, 5) is 0. The van der Waals surface area contributed by atoms with Crippen LogP contribution < -0.4 is 0 Å². The molecule has 0 saturated heterocycles. The minimum Gasteiger partial charge on any atom is -0.193 e. The molecular formula is C26H41N. The lowest BCUT2D eigenvalue weighted by Gasteiger charge is -2.28. The van der Waals surface area contributed by atoms with Gasteiger partial charge in [-0.15, -0.1) is 0 Å². The molecule has 27 heavy (non-hydrogen) atoms. The molecule has 2 fully saturated rings. The van der Waals surface area contributed by atoms with E-state index in [9.17, 15) is 0 Å². The Morgan fingerprint density at radius 2 is 1.26 bits per heavy atom. The van der Waals surface area contributed by atoms with Gasteiger partial charge in [0.2, 0.25) is 0 Å². The zero-order chi connectivity index (χ0) is 19.2. The number of unbranched alkanes of at least 4 members (excludes halogenated alkanes) is 4. The van der Waals surface area contributed by atoms with E-state index < -0.39 is 0 Å².